The van der Waals surface area contributed by atoms with Crippen molar-refractivity contribution in [3.05, 3.63) is 59.7 Å². The summed E-state index contributed by atoms with van der Waals surface area (Å²) < 4.78 is 52.7. The number of nitrogens with one attached hydrogen (secondary N) is 1. The molecule has 47 heavy (non-hydrogen) atoms. The summed E-state index contributed by atoms with van der Waals surface area (Å²) in [6.45, 7) is 12.7. The molecule has 1 aliphatic rings. The molecule has 258 valence electrons. The first kappa shape index (κ1) is 37.6. The largest absolute Gasteiger partial charge is 0.471 e. The lowest BCUT2D eigenvalue weighted by atomic mass is 9.91. The molecule has 0 aliphatic heterocycles. The van der Waals surface area contributed by atoms with Gasteiger partial charge >= 0.3 is 24.0 Å². The summed E-state index contributed by atoms with van der Waals surface area (Å²) in [6, 6.07) is 12.4. The molecule has 2 aromatic carbocycles. The van der Waals surface area contributed by atoms with Crippen LogP contribution in [0, 0.1) is 17.8 Å². The van der Waals surface area contributed by atoms with Crippen LogP contribution >= 0.6 is 0 Å². The van der Waals surface area contributed by atoms with E-state index in [0.717, 1.165) is 29.2 Å². The molecule has 0 radical (unpaired) electrons. The van der Waals surface area contributed by atoms with E-state index < -0.39 is 53.5 Å². The van der Waals surface area contributed by atoms with Crippen LogP contribution in [0.3, 0.4) is 0 Å². The Morgan fingerprint density at radius 2 is 1.40 bits per heavy atom. The second-order valence-corrected chi connectivity index (χ2v) is 13.7. The van der Waals surface area contributed by atoms with Gasteiger partial charge in [-0.2, -0.15) is 13.2 Å². The average Bonchev–Trinajstić information content (AvgIpc) is 3.31. The quantitative estimate of drug-likeness (QED) is 0.241. The first-order valence-corrected chi connectivity index (χ1v) is 16.1. The summed E-state index contributed by atoms with van der Waals surface area (Å²) in [7, 11) is 0. The molecule has 0 saturated carbocycles. The Labute approximate surface area is 275 Å². The van der Waals surface area contributed by atoms with Gasteiger partial charge in [0.05, 0.1) is 5.92 Å². The van der Waals surface area contributed by atoms with Crippen LogP contribution in [0.4, 0.5) is 13.2 Å². The van der Waals surface area contributed by atoms with Gasteiger partial charge in [-0.15, -0.1) is 0 Å². The third-order valence-corrected chi connectivity index (χ3v) is 8.46. The van der Waals surface area contributed by atoms with Crippen molar-refractivity contribution in [3.63, 3.8) is 0 Å². The Kier molecular flexibility index (Phi) is 12.3. The minimum absolute atomic E-state index is 0.0744. The first-order chi connectivity index (χ1) is 21.9. The Balaban J connectivity index is 1.82. The summed E-state index contributed by atoms with van der Waals surface area (Å²) in [5, 5.41) is 2.62. The molecular weight excluding hydrogens is 613 g/mol. The molecule has 4 atom stereocenters. The van der Waals surface area contributed by atoms with Crippen molar-refractivity contribution < 1.29 is 41.8 Å². The molecular formula is C36H47F3N2O6. The number of amides is 2. The van der Waals surface area contributed by atoms with E-state index in [9.17, 15) is 32.3 Å². The number of esters is 2. The van der Waals surface area contributed by atoms with Gasteiger partial charge in [0.2, 0.25) is 5.91 Å². The zero-order valence-electron chi connectivity index (χ0n) is 28.4. The lowest BCUT2D eigenvalue weighted by Gasteiger charge is -2.37. The number of fused-ring (bicyclic) bond motifs is 3. The van der Waals surface area contributed by atoms with Crippen molar-refractivity contribution in [2.45, 2.75) is 98.0 Å². The average molecular weight is 661 g/mol. The Morgan fingerprint density at radius 1 is 0.872 bits per heavy atom. The monoisotopic (exact) mass is 660 g/mol. The number of hydrogen-bond donors (Lipinski definition) is 1. The molecule has 2 aromatic rings. The van der Waals surface area contributed by atoms with Gasteiger partial charge in [0.1, 0.15) is 24.3 Å². The van der Waals surface area contributed by atoms with Crippen LogP contribution in [0.25, 0.3) is 11.1 Å². The third-order valence-electron chi connectivity index (χ3n) is 8.46. The van der Waals surface area contributed by atoms with Gasteiger partial charge in [-0.3, -0.25) is 14.4 Å². The molecule has 0 fully saturated rings. The molecule has 8 nitrogen and oxygen atoms in total. The lowest BCUT2D eigenvalue weighted by Crippen LogP contribution is -2.60. The van der Waals surface area contributed by atoms with Crippen LogP contribution < -0.4 is 5.32 Å². The summed E-state index contributed by atoms with van der Waals surface area (Å²) in [6.07, 6.45) is -4.96. The second kappa shape index (κ2) is 15.3. The van der Waals surface area contributed by atoms with Gasteiger partial charge in [-0.25, -0.2) is 4.79 Å². The van der Waals surface area contributed by atoms with Gasteiger partial charge in [0, 0.05) is 12.5 Å². The van der Waals surface area contributed by atoms with Gasteiger partial charge in [0.15, 0.2) is 0 Å². The van der Waals surface area contributed by atoms with Crippen molar-refractivity contribution in [1.82, 2.24) is 10.2 Å². The molecule has 3 rings (SSSR count). The van der Waals surface area contributed by atoms with Crippen LogP contribution in [0.15, 0.2) is 48.5 Å². The molecule has 0 heterocycles. The number of carbonyl (C=O) groups excluding carboxylic acids is 4. The van der Waals surface area contributed by atoms with Gasteiger partial charge in [-0.1, -0.05) is 82.6 Å². The number of hydrogen-bond acceptors (Lipinski definition) is 6. The van der Waals surface area contributed by atoms with E-state index in [2.05, 4.69) is 5.32 Å². The summed E-state index contributed by atoms with van der Waals surface area (Å²) in [5.74, 6) is -6.43. The van der Waals surface area contributed by atoms with Crippen LogP contribution in [-0.4, -0.2) is 65.7 Å². The van der Waals surface area contributed by atoms with E-state index in [0.29, 0.717) is 6.42 Å². The third kappa shape index (κ3) is 9.35. The number of rotatable bonds is 13. The predicted octanol–water partition coefficient (Wildman–Crippen LogP) is 6.66. The molecule has 1 aliphatic carbocycles. The highest BCUT2D eigenvalue weighted by atomic mass is 19.4. The number of carbonyl (C=O) groups is 4. The number of halogens is 3. The van der Waals surface area contributed by atoms with Gasteiger partial charge in [-0.05, 0) is 68.2 Å². The molecule has 1 N–H and O–H groups in total. The Morgan fingerprint density at radius 3 is 1.87 bits per heavy atom. The highest BCUT2D eigenvalue weighted by Gasteiger charge is 2.50. The van der Waals surface area contributed by atoms with E-state index in [1.165, 1.54) is 0 Å². The SMILES string of the molecule is CCC(C)[C@@H](CNC(=O)C(CC(C)C)N(C(=O)C(F)(F)F)[C@@H](C)C(=O)OC(C)(C)C)C(=O)OCC1c2ccccc2-c2ccccc21. The van der Waals surface area contributed by atoms with E-state index >= 15 is 0 Å². The van der Waals surface area contributed by atoms with Crippen LogP contribution in [0.5, 0.6) is 0 Å². The van der Waals surface area contributed by atoms with Crippen molar-refractivity contribution in [2.24, 2.45) is 17.8 Å². The van der Waals surface area contributed by atoms with Gasteiger partial charge < -0.3 is 19.7 Å². The Bertz CT molecular complexity index is 1390. The minimum Gasteiger partial charge on any atom is -0.464 e. The van der Waals surface area contributed by atoms with E-state index in [-0.39, 0.29) is 42.2 Å². The lowest BCUT2D eigenvalue weighted by molar-refractivity contribution is -0.195. The van der Waals surface area contributed by atoms with Crippen molar-refractivity contribution in [3.8, 4) is 11.1 Å². The number of ether oxygens (including phenoxy) is 2. The molecule has 0 aromatic heterocycles. The van der Waals surface area contributed by atoms with Crippen molar-refractivity contribution in [2.75, 3.05) is 13.2 Å². The van der Waals surface area contributed by atoms with Crippen LogP contribution in [0.1, 0.15) is 85.3 Å². The number of nitrogens with zero attached hydrogens (tertiary/aromatic N) is 1. The fourth-order valence-electron chi connectivity index (χ4n) is 5.87. The molecule has 0 spiro atoms. The smallest absolute Gasteiger partial charge is 0.464 e. The van der Waals surface area contributed by atoms with Crippen LogP contribution in [-0.2, 0) is 28.7 Å². The predicted molar refractivity (Wildman–Crippen MR) is 172 cm³/mol. The maximum Gasteiger partial charge on any atom is 0.471 e. The number of alkyl halides is 3. The summed E-state index contributed by atoms with van der Waals surface area (Å²) >= 11 is 0. The van der Waals surface area contributed by atoms with Crippen molar-refractivity contribution in [1.29, 1.82) is 0 Å². The topological polar surface area (TPSA) is 102 Å². The van der Waals surface area contributed by atoms with Gasteiger partial charge in [0.25, 0.3) is 0 Å². The van der Waals surface area contributed by atoms with E-state index in [1.54, 1.807) is 34.6 Å². The molecule has 0 saturated heterocycles. The molecule has 11 heteroatoms. The first-order valence-electron chi connectivity index (χ1n) is 16.1. The fraction of sp³-hybridized carbons (Fsp3) is 0.556. The Hall–Kier alpha value is -3.89. The second-order valence-electron chi connectivity index (χ2n) is 13.7. The van der Waals surface area contributed by atoms with Crippen LogP contribution in [0.2, 0.25) is 0 Å². The maximum atomic E-state index is 13.9. The minimum atomic E-state index is -5.35. The fourth-order valence-corrected chi connectivity index (χ4v) is 5.87. The zero-order valence-corrected chi connectivity index (χ0v) is 28.4. The standard InChI is InChI=1S/C36H47F3N2O6/c1-9-22(4)28(33(44)46-20-29-26-16-12-10-14-24(26)25-15-11-13-17-27(25)29)19-40-31(42)30(18-21(2)3)41(34(45)36(37,38)39)23(5)32(43)47-35(6,7)8/h10-17,21-23,28-30H,9,18-20H2,1-8H3,(H,40,42)/t22?,23-,28+,30?/m0/s1. The number of benzene rings is 2. The summed E-state index contributed by atoms with van der Waals surface area (Å²) in [4.78, 5) is 53.1. The zero-order chi connectivity index (χ0) is 35.3. The molecule has 2 unspecified atom stereocenters. The molecule has 2 amide bonds. The van der Waals surface area contributed by atoms with Crippen molar-refractivity contribution >= 4 is 23.8 Å². The maximum absolute atomic E-state index is 13.9. The normalized spacial score (nSPS) is 15.6. The van der Waals surface area contributed by atoms with E-state index in [1.807, 2.05) is 62.4 Å². The molecule has 0 bridgehead atoms. The highest BCUT2D eigenvalue weighted by molar-refractivity contribution is 5.93. The summed E-state index contributed by atoms with van der Waals surface area (Å²) in [5.41, 5.74) is 3.19. The van der Waals surface area contributed by atoms with E-state index in [4.69, 9.17) is 9.47 Å². The highest BCUT2D eigenvalue weighted by Crippen LogP contribution is 2.44.